The van der Waals surface area contributed by atoms with Gasteiger partial charge >= 0.3 is 5.97 Å². The number of aromatic amines is 2. The van der Waals surface area contributed by atoms with E-state index in [4.69, 9.17) is 19.3 Å². The van der Waals surface area contributed by atoms with Crippen LogP contribution in [0.3, 0.4) is 0 Å². The molecule has 0 aliphatic carbocycles. The third-order valence-corrected chi connectivity index (χ3v) is 14.3. The Hall–Kier alpha value is -6.92. The molecule has 5 heterocycles. The Morgan fingerprint density at radius 3 is 2.28 bits per heavy atom. The van der Waals surface area contributed by atoms with E-state index < -0.39 is 5.97 Å². The standard InChI is InChI=1S/C51H53N10O6PS2.CH4O/c1-3-4-5-6-22-52-48(64)41-28-36-34-21-25-61(44(34)17-14-38(36)54-41)50(66)42-29-37-35-20-24-60(43(35)16-15-39(37)55-42)49(65)31-8-13-40-45(27-31)70-51(56-40)58-57-32-9-11-33(12-10-32)59(2)23-7-26-67-47(63)19-18-46(62)53-30-68-69;1-2/h8-17,27-29,54-55H,3-7,18-26,30H2,1-2H3,(H,52,64)(H,53,62);2H,1H3/i1D;2T. The summed E-state index contributed by atoms with van der Waals surface area (Å²) in [7, 11) is 3.89. The van der Waals surface area contributed by atoms with E-state index in [0.717, 1.165) is 80.4 Å². The van der Waals surface area contributed by atoms with Crippen LogP contribution in [-0.4, -0.2) is 104 Å². The molecule has 7 aromatic rings. The van der Waals surface area contributed by atoms with Gasteiger partial charge in [0.15, 0.2) is 0 Å². The lowest BCUT2D eigenvalue weighted by molar-refractivity contribution is -0.145. The first-order chi connectivity index (χ1) is 36.0. The van der Waals surface area contributed by atoms with Gasteiger partial charge in [-0.3, -0.25) is 24.0 Å². The third kappa shape index (κ3) is 11.7. The summed E-state index contributed by atoms with van der Waals surface area (Å²) in [5.74, 6) is -1.03. The summed E-state index contributed by atoms with van der Waals surface area (Å²) in [5, 5.41) is 20.3. The minimum absolute atomic E-state index is 0.0321. The number of nitrogens with one attached hydrogen (secondary N) is 4. The van der Waals surface area contributed by atoms with Gasteiger partial charge in [-0.1, -0.05) is 49.3 Å². The maximum absolute atomic E-state index is 14.2. The van der Waals surface area contributed by atoms with Crippen molar-refractivity contribution in [3.63, 3.8) is 0 Å². The Morgan fingerprint density at radius 2 is 1.57 bits per heavy atom. The number of fused-ring (bicyclic) bond motifs is 7. The molecule has 5 N–H and O–H groups in total. The van der Waals surface area contributed by atoms with E-state index in [1.54, 1.807) is 15.9 Å². The zero-order valence-electron chi connectivity index (χ0n) is 42.1. The number of benzene rings is 4. The lowest BCUT2D eigenvalue weighted by Gasteiger charge is -2.19. The van der Waals surface area contributed by atoms with Crippen LogP contribution in [0.25, 0.3) is 32.0 Å². The highest BCUT2D eigenvalue weighted by molar-refractivity contribution is 7.96. The van der Waals surface area contributed by atoms with Crippen molar-refractivity contribution in [3.8, 4) is 0 Å². The quantitative estimate of drug-likeness (QED) is 0.0211. The molecule has 4 aromatic carbocycles. The maximum Gasteiger partial charge on any atom is 0.306 e. The van der Waals surface area contributed by atoms with Crippen molar-refractivity contribution in [1.29, 1.82) is 1.43 Å². The van der Waals surface area contributed by atoms with Crippen molar-refractivity contribution in [2.75, 3.05) is 67.9 Å². The summed E-state index contributed by atoms with van der Waals surface area (Å²) in [6.45, 7) is 2.96. The number of aliphatic hydroxyl groups excluding tert-OH is 1. The molecule has 20 heteroatoms. The number of ether oxygens (including phenoxy) is 1. The number of esters is 1. The van der Waals surface area contributed by atoms with Crippen molar-refractivity contribution >= 4 is 120 Å². The van der Waals surface area contributed by atoms with Crippen LogP contribution in [-0.2, 0) is 39.0 Å². The Balaban J connectivity index is 0.00000237. The van der Waals surface area contributed by atoms with Crippen molar-refractivity contribution in [1.82, 2.24) is 25.6 Å². The van der Waals surface area contributed by atoms with Crippen LogP contribution in [0.1, 0.15) is 95.7 Å². The average molecular weight is 1030 g/mol. The zero-order chi connectivity index (χ0) is 52.1. The molecule has 2 aliphatic heterocycles. The fourth-order valence-corrected chi connectivity index (χ4v) is 10.3. The first-order valence-electron chi connectivity index (χ1n) is 25.0. The molecule has 17 nitrogen and oxygen atoms in total. The largest absolute Gasteiger partial charge is 0.466 e. The van der Waals surface area contributed by atoms with Crippen LogP contribution < -0.4 is 25.3 Å². The summed E-state index contributed by atoms with van der Waals surface area (Å²) in [6, 6.07) is 24.6. The number of thiazole rings is 1. The van der Waals surface area contributed by atoms with E-state index in [0.29, 0.717) is 99.3 Å². The van der Waals surface area contributed by atoms with Gasteiger partial charge in [0.1, 0.15) is 11.4 Å². The summed E-state index contributed by atoms with van der Waals surface area (Å²) in [6.07, 6.45) is 6.18. The predicted molar refractivity (Wildman–Crippen MR) is 288 cm³/mol. The molecular formula is C52H57N10O7PS2. The Bertz CT molecular complexity index is 3220. The highest BCUT2D eigenvalue weighted by Crippen LogP contribution is 2.39. The minimum atomic E-state index is -0.403. The first kappa shape index (κ1) is 48.7. The number of H-pyrrole nitrogens is 2. The van der Waals surface area contributed by atoms with Crippen LogP contribution in [0, 0.1) is 0 Å². The number of anilines is 3. The fraction of sp³-hybridized carbons (Fsp3) is 0.346. The molecule has 0 fully saturated rings. The second-order valence-corrected chi connectivity index (χ2v) is 19.6. The van der Waals surface area contributed by atoms with Gasteiger partial charge in [-0.2, -0.15) is 0 Å². The molecule has 4 amide bonds. The number of azo groups is 1. The van der Waals surface area contributed by atoms with E-state index in [2.05, 4.69) is 40.9 Å². The summed E-state index contributed by atoms with van der Waals surface area (Å²) in [5.41, 5.74) is 9.23. The van der Waals surface area contributed by atoms with Crippen molar-refractivity contribution in [2.24, 2.45) is 10.2 Å². The minimum Gasteiger partial charge on any atom is -0.466 e. The normalized spacial score (nSPS) is 13.2. The number of carbonyl (C=O) groups is 5. The van der Waals surface area contributed by atoms with Gasteiger partial charge in [0.05, 0.1) is 35.2 Å². The molecule has 0 saturated carbocycles. The number of nitrogens with zero attached hydrogens (tertiary/aromatic N) is 6. The lowest BCUT2D eigenvalue weighted by atomic mass is 10.1. The highest BCUT2D eigenvalue weighted by Gasteiger charge is 2.32. The van der Waals surface area contributed by atoms with Crippen LogP contribution in [0.2, 0.25) is 0 Å². The van der Waals surface area contributed by atoms with Gasteiger partial charge in [0, 0.05) is 92.6 Å². The van der Waals surface area contributed by atoms with Crippen LogP contribution in [0.5, 0.6) is 0 Å². The van der Waals surface area contributed by atoms with Gasteiger partial charge in [0.25, 0.3) is 17.7 Å². The fourth-order valence-electron chi connectivity index (χ4n) is 9.04. The van der Waals surface area contributed by atoms with Gasteiger partial charge in [-0.05, 0) is 123 Å². The van der Waals surface area contributed by atoms with E-state index in [1.165, 1.54) is 18.4 Å². The smallest absolute Gasteiger partial charge is 0.306 e. The van der Waals surface area contributed by atoms with Gasteiger partial charge < -0.3 is 45.1 Å². The number of aliphatic hydroxyl groups is 1. The number of aromatic nitrogens is 3. The number of hydrogen-bond acceptors (Lipinski definition) is 13. The monoisotopic (exact) mass is 1030 g/mol. The van der Waals surface area contributed by atoms with E-state index in [1.807, 2.05) is 84.7 Å². The summed E-state index contributed by atoms with van der Waals surface area (Å²) < 4.78 is 19.1. The summed E-state index contributed by atoms with van der Waals surface area (Å²) in [4.78, 5) is 81.8. The van der Waals surface area contributed by atoms with E-state index in [-0.39, 0.29) is 43.1 Å². The van der Waals surface area contributed by atoms with Gasteiger partial charge in [-0.25, -0.2) is 4.98 Å². The Labute approximate surface area is 430 Å². The van der Waals surface area contributed by atoms with Crippen molar-refractivity contribution < 1.29 is 35.2 Å². The number of carbonyl (C=O) groups excluding carboxylic acids is 5. The Kier molecular flexibility index (Phi) is 16.2. The SMILES string of the molecule is [2H]CCCCCCNC(=O)c1cc2c3c(ccc2[nH]1)N(C(=O)c1cc2c4c(ccc2[nH]1)N(C(=O)c1ccc2nc(N=Nc5ccc(N(C)CCCOC(=O)CCC(=O)NCP=S)cc5)sc2c1)CC4)CC3.[3H]OC. The Morgan fingerprint density at radius 1 is 0.875 bits per heavy atom. The molecule has 0 unspecified atom stereocenters. The first-order valence-corrected chi connectivity index (χ1v) is 26.8. The number of hydrogen-bond donors (Lipinski definition) is 5. The molecule has 9 rings (SSSR count). The zero-order valence-corrected chi connectivity index (χ0v) is 42.7. The second kappa shape index (κ2) is 24.0. The molecule has 0 spiro atoms. The van der Waals surface area contributed by atoms with Crippen molar-refractivity contribution in [3.05, 3.63) is 107 Å². The number of rotatable bonds is 20. The van der Waals surface area contributed by atoms with Gasteiger partial charge in [-0.15, -0.1) is 10.2 Å². The predicted octanol–water partition coefficient (Wildman–Crippen LogP) is 9.63. The third-order valence-electron chi connectivity index (χ3n) is 12.7. The highest BCUT2D eigenvalue weighted by atomic mass is 32.4. The second-order valence-electron chi connectivity index (χ2n) is 17.3. The number of unbranched alkanes of at least 4 members (excludes halogenated alkanes) is 3. The maximum atomic E-state index is 14.2. The lowest BCUT2D eigenvalue weighted by Crippen LogP contribution is -2.29. The van der Waals surface area contributed by atoms with Crippen LogP contribution >= 0.6 is 18.7 Å². The molecule has 0 bridgehead atoms. The molecule has 0 atom stereocenters. The van der Waals surface area contributed by atoms with E-state index in [9.17, 15) is 24.0 Å². The molecule has 2 aliphatic rings. The number of amides is 4. The molecule has 374 valence electrons. The average Bonchev–Trinajstić information content (AvgIpc) is 4.28. The molecule has 72 heavy (non-hydrogen) atoms. The molecule has 0 saturated heterocycles. The molecule has 3 aromatic heterocycles. The van der Waals surface area contributed by atoms with Crippen molar-refractivity contribution in [2.45, 2.75) is 64.7 Å². The molecule has 0 radical (unpaired) electrons. The van der Waals surface area contributed by atoms with Gasteiger partial charge in [0.2, 0.25) is 12.5 Å². The van der Waals surface area contributed by atoms with Crippen LogP contribution in [0.15, 0.2) is 89.1 Å². The topological polar surface area (TPSA) is 218 Å². The summed E-state index contributed by atoms with van der Waals surface area (Å²) >= 11 is 6.13. The van der Waals surface area contributed by atoms with Crippen LogP contribution in [0.4, 0.5) is 27.9 Å². The molecular weight excluding hydrogens is 972 g/mol. The van der Waals surface area contributed by atoms with E-state index >= 15 is 0 Å².